The molecule has 4 aromatic heterocycles. The number of nitriles is 2. The Morgan fingerprint density at radius 1 is 0.710 bits per heavy atom. The lowest BCUT2D eigenvalue weighted by Gasteiger charge is -2.29. The lowest BCUT2D eigenvalue weighted by atomic mass is 9.92. The fourth-order valence-corrected chi connectivity index (χ4v) is 7.88. The Labute approximate surface area is 414 Å². The third kappa shape index (κ3) is 11.8. The number of benzene rings is 3. The van der Waals surface area contributed by atoms with Gasteiger partial charge in [0.2, 0.25) is 11.2 Å². The molecule has 0 amide bonds. The number of anilines is 2. The molecule has 7 N–H and O–H groups in total. The molecule has 0 saturated carbocycles. The largest absolute Gasteiger partial charge is 0.450 e. The number of nitrogens with zero attached hydrogens (tertiary/aromatic N) is 8. The zero-order chi connectivity index (χ0) is 50.3. The molecule has 2 aliphatic rings. The molecule has 3 aromatic carbocycles. The van der Waals surface area contributed by atoms with Crippen molar-refractivity contribution in [3.63, 3.8) is 0 Å². The summed E-state index contributed by atoms with van der Waals surface area (Å²) in [4.78, 5) is 7.18. The minimum atomic E-state index is -1.85. The van der Waals surface area contributed by atoms with Gasteiger partial charge in [-0.15, -0.1) is 0 Å². The van der Waals surface area contributed by atoms with Gasteiger partial charge in [0.1, 0.15) is 72.5 Å². The summed E-state index contributed by atoms with van der Waals surface area (Å²) in [6.07, 6.45) is -3.52. The summed E-state index contributed by atoms with van der Waals surface area (Å²) in [5.41, 5.74) is 13.1. The molecule has 2 fully saturated rings. The summed E-state index contributed by atoms with van der Waals surface area (Å²) in [7, 11) is 0. The van der Waals surface area contributed by atoms with Crippen molar-refractivity contribution >= 4 is 62.0 Å². The van der Waals surface area contributed by atoms with Gasteiger partial charge in [-0.1, -0.05) is 105 Å². The zero-order valence-electron chi connectivity index (χ0n) is 38.2. The van der Waals surface area contributed by atoms with Crippen LogP contribution in [-0.4, -0.2) is 99.3 Å². The average molecular weight is 1000 g/mol. The van der Waals surface area contributed by atoms with E-state index in [4.69, 9.17) is 70.9 Å². The molecule has 7 aromatic rings. The standard InChI is InChI=1S/C33H31N5O4.C12H13N5O4.C2H6.BCl3/c34-22-33(29-17-16-27-32(35)36-23-37-38(27)29)31(41-20-26-14-8-3-9-15-26)30(40-19-25-12-6-2-7-13-25)28(42-33)21-39-18-24-10-4-1-5-11-24;13-4-12(10(20)9(19)7(3-18)21-12)8-2-1-6-11(14)15-5-16-17(6)8;1-2;2-1(3)4/h1-17,23,28,30-31H,18-21H2,(H2,35,36,37);1-2,5,7,9-10,18-20H,3H2,(H2,14,15,16);1-2H3;/t28-,30-,31-,33?;7-,9-,10-,12+;;/m11../s1/i;;1D;. The van der Waals surface area contributed by atoms with Crippen LogP contribution >= 0.6 is 34.4 Å². The van der Waals surface area contributed by atoms with Gasteiger partial charge >= 0.3 is 4.96 Å². The lowest BCUT2D eigenvalue weighted by Crippen LogP contribution is -2.44. The van der Waals surface area contributed by atoms with E-state index in [0.717, 1.165) is 16.7 Å². The van der Waals surface area contributed by atoms with Crippen molar-refractivity contribution in [3.8, 4) is 12.1 Å². The number of aliphatic hydroxyl groups is 3. The Morgan fingerprint density at radius 2 is 1.14 bits per heavy atom. The summed E-state index contributed by atoms with van der Waals surface area (Å²) in [6.45, 7) is 2.90. The quantitative estimate of drug-likeness (QED) is 0.0871. The van der Waals surface area contributed by atoms with E-state index in [9.17, 15) is 25.8 Å². The van der Waals surface area contributed by atoms with Gasteiger partial charge in [-0.25, -0.2) is 19.0 Å². The molecule has 0 aliphatic carbocycles. The maximum absolute atomic E-state index is 10.9. The van der Waals surface area contributed by atoms with Crippen molar-refractivity contribution < 1.29 is 40.4 Å². The minimum Gasteiger partial charge on any atom is -0.394 e. The fraction of sp³-hybridized carbons (Fsp3) is 0.319. The molecule has 6 heterocycles. The molecule has 18 nitrogen and oxygen atoms in total. The molecule has 0 radical (unpaired) electrons. The first-order valence-electron chi connectivity index (χ1n) is 22.0. The highest BCUT2D eigenvalue weighted by atomic mass is 35.6. The molecule has 8 atom stereocenters. The van der Waals surface area contributed by atoms with E-state index >= 15 is 0 Å². The van der Waals surface area contributed by atoms with Crippen molar-refractivity contribution in [1.82, 2.24) is 29.2 Å². The van der Waals surface area contributed by atoms with Crippen LogP contribution < -0.4 is 11.5 Å². The predicted octanol–water partition coefficient (Wildman–Crippen LogP) is 5.67. The van der Waals surface area contributed by atoms with Gasteiger partial charge in [-0.3, -0.25) is 0 Å². The SMILES string of the molecule is ClB(Cl)Cl.N#CC1(c2ccc3c(N)ncnn23)O[C@H](COCc2ccccc2)[C@@H](OCc2ccccc2)[C@H]1OCc1ccccc1.N#C[C@@]1(c2ccc3c(N)ncnn23)O[C@H](CO)[C@@H](O)[C@H]1O.[2H]CC. The highest BCUT2D eigenvalue weighted by Crippen LogP contribution is 2.44. The third-order valence-corrected chi connectivity index (χ3v) is 11.0. The van der Waals surface area contributed by atoms with Crippen LogP contribution in [0.3, 0.4) is 0 Å². The average Bonchev–Trinajstić information content (AvgIpc) is 4.14. The number of rotatable bonds is 13. The molecule has 0 spiro atoms. The summed E-state index contributed by atoms with van der Waals surface area (Å²) in [5, 5.41) is 58.1. The number of aromatic nitrogens is 6. The van der Waals surface area contributed by atoms with Crippen molar-refractivity contribution in [2.75, 3.05) is 24.7 Å². The second kappa shape index (κ2) is 24.6. The second-order valence-corrected chi connectivity index (χ2v) is 17.2. The van der Waals surface area contributed by atoms with Crippen LogP contribution in [0, 0.1) is 22.7 Å². The first kappa shape index (κ1) is 51.0. The van der Waals surface area contributed by atoms with Crippen molar-refractivity contribution in [3.05, 3.63) is 156 Å². The van der Waals surface area contributed by atoms with Gasteiger partial charge in [0.25, 0.3) is 0 Å². The van der Waals surface area contributed by atoms with E-state index in [1.807, 2.05) is 97.1 Å². The first-order valence-corrected chi connectivity index (χ1v) is 22.6. The highest BCUT2D eigenvalue weighted by molar-refractivity contribution is 7.54. The van der Waals surface area contributed by atoms with Crippen LogP contribution in [0.4, 0.5) is 11.6 Å². The van der Waals surface area contributed by atoms with Gasteiger partial charge in [-0.05, 0) is 41.0 Å². The van der Waals surface area contributed by atoms with E-state index in [2.05, 4.69) is 26.2 Å². The van der Waals surface area contributed by atoms with Crippen LogP contribution in [0.15, 0.2) is 128 Å². The number of aliphatic hydroxyl groups excluding tert-OH is 3. The normalized spacial score (nSPS) is 23.8. The molecule has 22 heteroatoms. The smallest absolute Gasteiger partial charge is 0.394 e. The van der Waals surface area contributed by atoms with Crippen molar-refractivity contribution in [2.24, 2.45) is 0 Å². The van der Waals surface area contributed by atoms with Crippen molar-refractivity contribution in [2.45, 2.75) is 81.5 Å². The van der Waals surface area contributed by atoms with Crippen LogP contribution in [0.1, 0.15) is 43.3 Å². The Bertz CT molecular complexity index is 2810. The van der Waals surface area contributed by atoms with Gasteiger partial charge < -0.3 is 50.5 Å². The Morgan fingerprint density at radius 3 is 1.59 bits per heavy atom. The highest BCUT2D eigenvalue weighted by Gasteiger charge is 2.60. The first-order chi connectivity index (χ1) is 33.9. The predicted molar refractivity (Wildman–Crippen MR) is 259 cm³/mol. The van der Waals surface area contributed by atoms with Crippen LogP contribution in [0.5, 0.6) is 0 Å². The molecule has 1 unspecified atom stereocenters. The minimum absolute atomic E-state index is 0.184. The number of hydrogen-bond acceptors (Lipinski definition) is 16. The second-order valence-electron chi connectivity index (χ2n) is 15.2. The summed E-state index contributed by atoms with van der Waals surface area (Å²) in [6, 6.07) is 40.5. The Kier molecular flexibility index (Phi) is 18.2. The Balaban J connectivity index is 0.000000238. The fourth-order valence-electron chi connectivity index (χ4n) is 7.88. The number of fused-ring (bicyclic) bond motifs is 2. The number of nitrogens with two attached hydrogens (primary N) is 2. The molecule has 69 heavy (non-hydrogen) atoms. The maximum Gasteiger partial charge on any atom is 0.450 e. The van der Waals surface area contributed by atoms with E-state index in [-0.39, 0.29) is 24.7 Å². The summed E-state index contributed by atoms with van der Waals surface area (Å²) in [5.74, 6) is 0.500. The molecule has 0 bridgehead atoms. The monoisotopic (exact) mass is 999 g/mol. The molecular formula is C47H50BCl3N10O8. The van der Waals surface area contributed by atoms with Crippen molar-refractivity contribution in [1.29, 1.82) is 10.5 Å². The summed E-state index contributed by atoms with van der Waals surface area (Å²) >= 11 is 14.4. The number of ether oxygens (including phenoxy) is 5. The number of nitrogen functional groups attached to an aromatic ring is 2. The lowest BCUT2D eigenvalue weighted by molar-refractivity contribution is -0.0971. The van der Waals surface area contributed by atoms with E-state index in [1.165, 1.54) is 23.2 Å². The molecular weight excluding hydrogens is 950 g/mol. The maximum atomic E-state index is 10.9. The topological polar surface area (TPSA) is 267 Å². The molecule has 2 saturated heterocycles. The number of halogens is 3. The van der Waals surface area contributed by atoms with Gasteiger partial charge in [0, 0.05) is 1.37 Å². The Hall–Kier alpha value is -5.91. The van der Waals surface area contributed by atoms with Crippen LogP contribution in [0.2, 0.25) is 0 Å². The molecule has 9 rings (SSSR count). The molecule has 2 aliphatic heterocycles. The van der Waals surface area contributed by atoms with E-state index < -0.39 is 59.4 Å². The van der Waals surface area contributed by atoms with Gasteiger partial charge in [-0.2, -0.15) is 55.1 Å². The van der Waals surface area contributed by atoms with Gasteiger partial charge in [0.15, 0.2) is 11.6 Å². The molecule has 360 valence electrons. The van der Waals surface area contributed by atoms with E-state index in [1.54, 1.807) is 29.6 Å². The summed E-state index contributed by atoms with van der Waals surface area (Å²) < 4.78 is 40.5. The van der Waals surface area contributed by atoms with Gasteiger partial charge in [0.05, 0.1) is 44.4 Å². The third-order valence-electron chi connectivity index (χ3n) is 11.0. The zero-order valence-corrected chi connectivity index (χ0v) is 39.4. The van der Waals surface area contributed by atoms with Crippen LogP contribution in [-0.2, 0) is 54.7 Å². The van der Waals surface area contributed by atoms with E-state index in [0.29, 0.717) is 42.7 Å². The number of hydrogen-bond donors (Lipinski definition) is 5. The van der Waals surface area contributed by atoms with Crippen LogP contribution in [0.25, 0.3) is 11.0 Å².